The van der Waals surface area contributed by atoms with E-state index in [0.29, 0.717) is 23.7 Å². The standard InChI is InChI=1S/C23H18N2O2/c26-22(18-9-2-1-3-10-18)25-21-14-7-15-24-23(21)27-16-19-12-6-11-17-8-4-5-13-20(17)19/h1-15H,16H2,(H,25,26). The number of nitrogens with one attached hydrogen (secondary N) is 1. The van der Waals surface area contributed by atoms with Crippen molar-refractivity contribution in [2.24, 2.45) is 0 Å². The summed E-state index contributed by atoms with van der Waals surface area (Å²) in [5.74, 6) is 0.202. The number of aromatic nitrogens is 1. The number of carbonyl (C=O) groups is 1. The number of hydrogen-bond donors (Lipinski definition) is 1. The molecule has 4 nitrogen and oxygen atoms in total. The van der Waals surface area contributed by atoms with Crippen molar-refractivity contribution in [3.05, 3.63) is 102 Å². The molecule has 0 bridgehead atoms. The molecule has 0 radical (unpaired) electrons. The van der Waals surface area contributed by atoms with E-state index >= 15 is 0 Å². The van der Waals surface area contributed by atoms with Crippen molar-refractivity contribution in [3.63, 3.8) is 0 Å². The topological polar surface area (TPSA) is 51.2 Å². The highest BCUT2D eigenvalue weighted by Gasteiger charge is 2.11. The predicted molar refractivity (Wildman–Crippen MR) is 107 cm³/mol. The van der Waals surface area contributed by atoms with Gasteiger partial charge in [0.1, 0.15) is 12.3 Å². The van der Waals surface area contributed by atoms with E-state index in [0.717, 1.165) is 16.3 Å². The van der Waals surface area contributed by atoms with Crippen LogP contribution in [-0.2, 0) is 6.61 Å². The fourth-order valence-corrected chi connectivity index (χ4v) is 2.95. The van der Waals surface area contributed by atoms with Crippen LogP contribution in [0.5, 0.6) is 5.88 Å². The van der Waals surface area contributed by atoms with Crippen molar-refractivity contribution in [2.45, 2.75) is 6.61 Å². The zero-order chi connectivity index (χ0) is 18.5. The molecule has 1 heterocycles. The molecule has 1 N–H and O–H groups in total. The first-order valence-corrected chi connectivity index (χ1v) is 8.72. The van der Waals surface area contributed by atoms with Crippen molar-refractivity contribution in [2.75, 3.05) is 5.32 Å². The largest absolute Gasteiger partial charge is 0.471 e. The minimum atomic E-state index is -0.196. The molecule has 27 heavy (non-hydrogen) atoms. The number of ether oxygens (including phenoxy) is 1. The number of benzene rings is 3. The van der Waals surface area contributed by atoms with E-state index in [4.69, 9.17) is 4.74 Å². The Morgan fingerprint density at radius 2 is 1.63 bits per heavy atom. The van der Waals surface area contributed by atoms with Gasteiger partial charge in [-0.15, -0.1) is 0 Å². The fraction of sp³-hybridized carbons (Fsp3) is 0.0435. The second-order valence-electron chi connectivity index (χ2n) is 6.10. The molecule has 4 heteroatoms. The normalized spacial score (nSPS) is 10.5. The number of anilines is 1. The van der Waals surface area contributed by atoms with Gasteiger partial charge in [0.05, 0.1) is 0 Å². The summed E-state index contributed by atoms with van der Waals surface area (Å²) in [7, 11) is 0. The Hall–Kier alpha value is -3.66. The molecular formula is C23H18N2O2. The Morgan fingerprint density at radius 3 is 2.52 bits per heavy atom. The third-order valence-electron chi connectivity index (χ3n) is 4.30. The molecule has 0 aliphatic carbocycles. The van der Waals surface area contributed by atoms with Crippen molar-refractivity contribution in [1.82, 2.24) is 4.98 Å². The van der Waals surface area contributed by atoms with Gasteiger partial charge in [0.15, 0.2) is 0 Å². The highest BCUT2D eigenvalue weighted by atomic mass is 16.5. The second-order valence-corrected chi connectivity index (χ2v) is 6.10. The van der Waals surface area contributed by atoms with E-state index in [-0.39, 0.29) is 5.91 Å². The number of pyridine rings is 1. The van der Waals surface area contributed by atoms with E-state index in [1.165, 1.54) is 0 Å². The van der Waals surface area contributed by atoms with Gasteiger partial charge >= 0.3 is 0 Å². The Balaban J connectivity index is 1.54. The third-order valence-corrected chi connectivity index (χ3v) is 4.30. The average molecular weight is 354 g/mol. The zero-order valence-corrected chi connectivity index (χ0v) is 14.6. The van der Waals surface area contributed by atoms with Gasteiger partial charge in [-0.25, -0.2) is 4.98 Å². The molecule has 0 aliphatic rings. The maximum atomic E-state index is 12.4. The lowest BCUT2D eigenvalue weighted by Crippen LogP contribution is -2.13. The minimum Gasteiger partial charge on any atom is -0.471 e. The predicted octanol–water partition coefficient (Wildman–Crippen LogP) is 5.07. The van der Waals surface area contributed by atoms with Crippen LogP contribution in [-0.4, -0.2) is 10.9 Å². The molecule has 0 unspecified atom stereocenters. The van der Waals surface area contributed by atoms with Gasteiger partial charge in [-0.1, -0.05) is 60.7 Å². The van der Waals surface area contributed by atoms with E-state index in [2.05, 4.69) is 28.5 Å². The first-order valence-electron chi connectivity index (χ1n) is 8.72. The van der Waals surface area contributed by atoms with Crippen LogP contribution in [0.25, 0.3) is 10.8 Å². The zero-order valence-electron chi connectivity index (χ0n) is 14.6. The number of fused-ring (bicyclic) bond motifs is 1. The summed E-state index contributed by atoms with van der Waals surface area (Å²) in [6.45, 7) is 0.368. The number of hydrogen-bond acceptors (Lipinski definition) is 3. The summed E-state index contributed by atoms with van der Waals surface area (Å²) in [4.78, 5) is 16.7. The van der Waals surface area contributed by atoms with Gasteiger partial charge in [0.25, 0.3) is 5.91 Å². The fourth-order valence-electron chi connectivity index (χ4n) is 2.95. The van der Waals surface area contributed by atoms with Crippen LogP contribution in [0.2, 0.25) is 0 Å². The summed E-state index contributed by atoms with van der Waals surface area (Å²) in [5, 5.41) is 5.18. The molecule has 0 aliphatic heterocycles. The maximum absolute atomic E-state index is 12.4. The molecular weight excluding hydrogens is 336 g/mol. The van der Waals surface area contributed by atoms with Crippen LogP contribution in [0, 0.1) is 0 Å². The Kier molecular flexibility index (Phi) is 4.79. The average Bonchev–Trinajstić information content (AvgIpc) is 2.73. The summed E-state index contributed by atoms with van der Waals surface area (Å²) < 4.78 is 5.94. The molecule has 3 aromatic carbocycles. The molecule has 4 aromatic rings. The molecule has 0 saturated heterocycles. The number of nitrogens with zero attached hydrogens (tertiary/aromatic N) is 1. The van der Waals surface area contributed by atoms with Crippen LogP contribution in [0.3, 0.4) is 0 Å². The van der Waals surface area contributed by atoms with Crippen molar-refractivity contribution < 1.29 is 9.53 Å². The van der Waals surface area contributed by atoms with Gasteiger partial charge in [0.2, 0.25) is 5.88 Å². The minimum absolute atomic E-state index is 0.196. The molecule has 0 fully saturated rings. The van der Waals surface area contributed by atoms with E-state index < -0.39 is 0 Å². The Morgan fingerprint density at radius 1 is 0.852 bits per heavy atom. The summed E-state index contributed by atoms with van der Waals surface area (Å²) in [6.07, 6.45) is 1.65. The molecule has 0 saturated carbocycles. The van der Waals surface area contributed by atoms with Gasteiger partial charge in [-0.05, 0) is 40.6 Å². The van der Waals surface area contributed by atoms with Crippen molar-refractivity contribution in [1.29, 1.82) is 0 Å². The summed E-state index contributed by atoms with van der Waals surface area (Å²) in [6, 6.07) is 26.9. The molecule has 4 rings (SSSR count). The van der Waals surface area contributed by atoms with Gasteiger partial charge < -0.3 is 10.1 Å². The monoisotopic (exact) mass is 354 g/mol. The van der Waals surface area contributed by atoms with E-state index in [1.54, 1.807) is 30.5 Å². The lowest BCUT2D eigenvalue weighted by atomic mass is 10.1. The lowest BCUT2D eigenvalue weighted by Gasteiger charge is -2.12. The molecule has 0 spiro atoms. The second kappa shape index (κ2) is 7.70. The molecule has 132 valence electrons. The number of carbonyl (C=O) groups excluding carboxylic acids is 1. The molecule has 1 aromatic heterocycles. The molecule has 1 amide bonds. The van der Waals surface area contributed by atoms with Gasteiger partial charge in [0, 0.05) is 11.8 Å². The summed E-state index contributed by atoms with van der Waals surface area (Å²) >= 11 is 0. The maximum Gasteiger partial charge on any atom is 0.255 e. The lowest BCUT2D eigenvalue weighted by molar-refractivity contribution is 0.102. The van der Waals surface area contributed by atoms with Gasteiger partial charge in [-0.3, -0.25) is 4.79 Å². The van der Waals surface area contributed by atoms with E-state index in [1.807, 2.05) is 42.5 Å². The first kappa shape index (κ1) is 16.8. The highest BCUT2D eigenvalue weighted by Crippen LogP contribution is 2.24. The van der Waals surface area contributed by atoms with Crippen LogP contribution in [0.4, 0.5) is 5.69 Å². The number of rotatable bonds is 5. The van der Waals surface area contributed by atoms with Crippen LogP contribution in [0.1, 0.15) is 15.9 Å². The molecule has 0 atom stereocenters. The quantitative estimate of drug-likeness (QED) is 0.545. The Labute approximate surface area is 157 Å². The number of amides is 1. The summed E-state index contributed by atoms with van der Waals surface area (Å²) in [5.41, 5.74) is 2.20. The van der Waals surface area contributed by atoms with Gasteiger partial charge in [-0.2, -0.15) is 0 Å². The SMILES string of the molecule is O=C(Nc1cccnc1OCc1cccc2ccccc12)c1ccccc1. The van der Waals surface area contributed by atoms with Crippen LogP contribution >= 0.6 is 0 Å². The van der Waals surface area contributed by atoms with Crippen LogP contribution in [0.15, 0.2) is 91.1 Å². The third kappa shape index (κ3) is 3.80. The Bertz CT molecular complexity index is 1070. The van der Waals surface area contributed by atoms with Crippen LogP contribution < -0.4 is 10.1 Å². The smallest absolute Gasteiger partial charge is 0.255 e. The van der Waals surface area contributed by atoms with E-state index in [9.17, 15) is 4.79 Å². The van der Waals surface area contributed by atoms with Crippen molar-refractivity contribution in [3.8, 4) is 5.88 Å². The first-order chi connectivity index (χ1) is 13.3. The highest BCUT2D eigenvalue weighted by molar-refractivity contribution is 6.04. The van der Waals surface area contributed by atoms with Crippen molar-refractivity contribution >= 4 is 22.4 Å².